The summed E-state index contributed by atoms with van der Waals surface area (Å²) in [5.41, 5.74) is 0.894. The van der Waals surface area contributed by atoms with Gasteiger partial charge in [-0.1, -0.05) is 18.3 Å². The topological polar surface area (TPSA) is 62.2 Å². The maximum absolute atomic E-state index is 12.4. The van der Waals surface area contributed by atoms with Crippen LogP contribution in [0.2, 0.25) is 0 Å². The van der Waals surface area contributed by atoms with E-state index in [4.69, 9.17) is 5.11 Å². The SMILES string of the molecule is CSC1CCCC(NC(=O)c2ncccc2C#CCO)C1. The number of aliphatic hydroxyl groups is 1. The molecule has 1 saturated carbocycles. The molecule has 0 spiro atoms. The molecule has 0 aliphatic heterocycles. The first-order chi connectivity index (χ1) is 10.2. The van der Waals surface area contributed by atoms with Crippen LogP contribution in [0.1, 0.15) is 41.7 Å². The number of amides is 1. The molecule has 2 rings (SSSR count). The minimum Gasteiger partial charge on any atom is -0.384 e. The number of thioether (sulfide) groups is 1. The summed E-state index contributed by atoms with van der Waals surface area (Å²) < 4.78 is 0. The lowest BCUT2D eigenvalue weighted by Crippen LogP contribution is -2.39. The fourth-order valence-corrected chi connectivity index (χ4v) is 3.39. The minimum absolute atomic E-state index is 0.176. The number of aliphatic hydroxyl groups excluding tert-OH is 1. The van der Waals surface area contributed by atoms with Gasteiger partial charge in [0.1, 0.15) is 12.3 Å². The van der Waals surface area contributed by atoms with Crippen molar-refractivity contribution in [3.05, 3.63) is 29.6 Å². The molecule has 1 amide bonds. The molecule has 1 aromatic rings. The van der Waals surface area contributed by atoms with E-state index in [0.717, 1.165) is 19.3 Å². The lowest BCUT2D eigenvalue weighted by molar-refractivity contribution is 0.0923. The molecule has 4 nitrogen and oxygen atoms in total. The summed E-state index contributed by atoms with van der Waals surface area (Å²) in [5.74, 6) is 5.16. The Bertz CT molecular complexity index is 551. The zero-order valence-electron chi connectivity index (χ0n) is 12.1. The van der Waals surface area contributed by atoms with Gasteiger partial charge in [0.2, 0.25) is 0 Å². The number of carbonyl (C=O) groups is 1. The van der Waals surface area contributed by atoms with Crippen LogP contribution in [0, 0.1) is 11.8 Å². The van der Waals surface area contributed by atoms with Crippen molar-refractivity contribution in [3.8, 4) is 11.8 Å². The van der Waals surface area contributed by atoms with E-state index in [1.165, 1.54) is 6.42 Å². The molecule has 0 radical (unpaired) electrons. The Hall–Kier alpha value is -1.51. The number of rotatable bonds is 3. The van der Waals surface area contributed by atoms with Crippen molar-refractivity contribution < 1.29 is 9.90 Å². The van der Waals surface area contributed by atoms with Gasteiger partial charge in [-0.15, -0.1) is 0 Å². The monoisotopic (exact) mass is 304 g/mol. The number of hydrogen-bond donors (Lipinski definition) is 2. The summed E-state index contributed by atoms with van der Waals surface area (Å²) in [7, 11) is 0. The Balaban J connectivity index is 2.06. The molecule has 21 heavy (non-hydrogen) atoms. The Labute approximate surface area is 129 Å². The van der Waals surface area contributed by atoms with Crippen LogP contribution >= 0.6 is 11.8 Å². The van der Waals surface area contributed by atoms with Crippen LogP contribution in [0.5, 0.6) is 0 Å². The van der Waals surface area contributed by atoms with Crippen molar-refractivity contribution in [2.75, 3.05) is 12.9 Å². The van der Waals surface area contributed by atoms with Crippen LogP contribution in [0.25, 0.3) is 0 Å². The Morgan fingerprint density at radius 2 is 2.43 bits per heavy atom. The van der Waals surface area contributed by atoms with Crippen LogP contribution in [0.4, 0.5) is 0 Å². The van der Waals surface area contributed by atoms with Gasteiger partial charge in [-0.3, -0.25) is 4.79 Å². The van der Waals surface area contributed by atoms with Gasteiger partial charge in [-0.05, 0) is 37.7 Å². The lowest BCUT2D eigenvalue weighted by Gasteiger charge is -2.28. The summed E-state index contributed by atoms with van der Waals surface area (Å²) >= 11 is 1.87. The molecule has 2 atom stereocenters. The molecular weight excluding hydrogens is 284 g/mol. The van der Waals surface area contributed by atoms with Crippen LogP contribution in [-0.4, -0.2) is 40.2 Å². The third-order valence-electron chi connectivity index (χ3n) is 3.62. The fraction of sp³-hybridized carbons (Fsp3) is 0.500. The molecule has 0 bridgehead atoms. The predicted molar refractivity (Wildman–Crippen MR) is 85.2 cm³/mol. The van der Waals surface area contributed by atoms with Crippen LogP contribution in [0.3, 0.4) is 0 Å². The number of pyridine rings is 1. The molecule has 1 aliphatic carbocycles. The Morgan fingerprint density at radius 3 is 3.19 bits per heavy atom. The highest BCUT2D eigenvalue weighted by molar-refractivity contribution is 7.99. The van der Waals surface area contributed by atoms with Gasteiger partial charge in [0, 0.05) is 17.5 Å². The number of nitrogens with one attached hydrogen (secondary N) is 1. The number of nitrogens with zero attached hydrogens (tertiary/aromatic N) is 1. The van der Waals surface area contributed by atoms with E-state index in [1.54, 1.807) is 18.3 Å². The summed E-state index contributed by atoms with van der Waals surface area (Å²) in [6, 6.07) is 3.70. The highest BCUT2D eigenvalue weighted by Crippen LogP contribution is 2.27. The summed E-state index contributed by atoms with van der Waals surface area (Å²) in [6.07, 6.45) is 8.12. The Kier molecular flexibility index (Phi) is 6.09. The summed E-state index contributed by atoms with van der Waals surface area (Å²) in [5, 5.41) is 12.5. The fourth-order valence-electron chi connectivity index (χ4n) is 2.57. The van der Waals surface area contributed by atoms with Crippen molar-refractivity contribution in [3.63, 3.8) is 0 Å². The summed E-state index contributed by atoms with van der Waals surface area (Å²) in [6.45, 7) is -0.228. The second-order valence-electron chi connectivity index (χ2n) is 5.05. The smallest absolute Gasteiger partial charge is 0.271 e. The first-order valence-corrected chi connectivity index (χ1v) is 8.41. The average Bonchev–Trinajstić information content (AvgIpc) is 2.53. The van der Waals surface area contributed by atoms with Gasteiger partial charge >= 0.3 is 0 Å². The standard InChI is InChI=1S/C16H20N2O2S/c1-21-14-8-2-7-13(11-14)18-16(20)15-12(6-4-10-19)5-3-9-17-15/h3,5,9,13-14,19H,2,7-8,10-11H2,1H3,(H,18,20). The highest BCUT2D eigenvalue weighted by Gasteiger charge is 2.24. The molecule has 112 valence electrons. The predicted octanol–water partition coefficient (Wildman–Crippen LogP) is 1.83. The Morgan fingerprint density at radius 1 is 1.57 bits per heavy atom. The third kappa shape index (κ3) is 4.48. The van der Waals surface area contributed by atoms with Crippen molar-refractivity contribution >= 4 is 17.7 Å². The maximum Gasteiger partial charge on any atom is 0.271 e. The van der Waals surface area contributed by atoms with Gasteiger partial charge in [0.25, 0.3) is 5.91 Å². The zero-order valence-corrected chi connectivity index (χ0v) is 12.9. The molecule has 0 saturated heterocycles. The van der Waals surface area contributed by atoms with Crippen LogP contribution < -0.4 is 5.32 Å². The van der Waals surface area contributed by atoms with E-state index < -0.39 is 0 Å². The van der Waals surface area contributed by atoms with E-state index in [9.17, 15) is 4.79 Å². The molecule has 2 unspecified atom stereocenters. The molecule has 2 N–H and O–H groups in total. The number of carbonyl (C=O) groups excluding carboxylic acids is 1. The molecule has 1 heterocycles. The van der Waals surface area contributed by atoms with E-state index >= 15 is 0 Å². The molecule has 0 aromatic carbocycles. The van der Waals surface area contributed by atoms with E-state index in [-0.39, 0.29) is 18.6 Å². The van der Waals surface area contributed by atoms with E-state index in [0.29, 0.717) is 16.5 Å². The van der Waals surface area contributed by atoms with Gasteiger partial charge in [0.05, 0.1) is 5.56 Å². The van der Waals surface area contributed by atoms with E-state index in [1.807, 2.05) is 11.8 Å². The van der Waals surface area contributed by atoms with Crippen molar-refractivity contribution in [2.45, 2.75) is 37.0 Å². The van der Waals surface area contributed by atoms with Crippen molar-refractivity contribution in [2.24, 2.45) is 0 Å². The van der Waals surface area contributed by atoms with Gasteiger partial charge < -0.3 is 10.4 Å². The molecule has 1 aliphatic rings. The van der Waals surface area contributed by atoms with Crippen molar-refractivity contribution in [1.29, 1.82) is 0 Å². The first-order valence-electron chi connectivity index (χ1n) is 7.13. The largest absolute Gasteiger partial charge is 0.384 e. The second-order valence-corrected chi connectivity index (χ2v) is 6.19. The lowest BCUT2D eigenvalue weighted by atomic mass is 9.94. The highest BCUT2D eigenvalue weighted by atomic mass is 32.2. The summed E-state index contributed by atoms with van der Waals surface area (Å²) in [4.78, 5) is 16.5. The normalized spacial score (nSPS) is 21.2. The van der Waals surface area contributed by atoms with Crippen LogP contribution in [-0.2, 0) is 0 Å². The van der Waals surface area contributed by atoms with Crippen molar-refractivity contribution in [1.82, 2.24) is 10.3 Å². The molecule has 5 heteroatoms. The van der Waals surface area contributed by atoms with Gasteiger partial charge in [0.15, 0.2) is 0 Å². The molecular formula is C16H20N2O2S. The van der Waals surface area contributed by atoms with E-state index in [2.05, 4.69) is 28.4 Å². The van der Waals surface area contributed by atoms with Crippen LogP contribution in [0.15, 0.2) is 18.3 Å². The zero-order chi connectivity index (χ0) is 15.1. The second kappa shape index (κ2) is 8.06. The molecule has 1 fully saturated rings. The molecule has 1 aromatic heterocycles. The first kappa shape index (κ1) is 15.9. The number of hydrogen-bond acceptors (Lipinski definition) is 4. The quantitative estimate of drug-likeness (QED) is 0.836. The third-order valence-corrected chi connectivity index (χ3v) is 4.71. The van der Waals surface area contributed by atoms with Gasteiger partial charge in [-0.25, -0.2) is 4.98 Å². The number of aromatic nitrogens is 1. The maximum atomic E-state index is 12.4. The van der Waals surface area contributed by atoms with Gasteiger partial charge in [-0.2, -0.15) is 11.8 Å². The average molecular weight is 304 g/mol. The minimum atomic E-state index is -0.228.